The number of aryl methyl sites for hydroxylation is 2. The minimum atomic E-state index is -3.29. The Morgan fingerprint density at radius 1 is 1.00 bits per heavy atom. The topological polar surface area (TPSA) is 63.2 Å². The Balaban J connectivity index is 1.43. The zero-order valence-electron chi connectivity index (χ0n) is 19.7. The maximum absolute atomic E-state index is 13.4. The molecule has 0 amide bonds. The highest BCUT2D eigenvalue weighted by Crippen LogP contribution is 2.27. The number of sulfonamides is 1. The van der Waals surface area contributed by atoms with Crippen molar-refractivity contribution in [2.45, 2.75) is 51.5 Å². The van der Waals surface area contributed by atoms with Gasteiger partial charge in [-0.05, 0) is 67.0 Å². The summed E-state index contributed by atoms with van der Waals surface area (Å²) in [6.45, 7) is 0.959. The normalized spacial score (nSPS) is 14.7. The summed E-state index contributed by atoms with van der Waals surface area (Å²) >= 11 is 0. The fraction of sp³-hybridized carbons (Fsp3) is 0.407. The summed E-state index contributed by atoms with van der Waals surface area (Å²) in [5.74, 6) is 0.987. The van der Waals surface area contributed by atoms with Crippen LogP contribution in [0, 0.1) is 11.7 Å². The van der Waals surface area contributed by atoms with Gasteiger partial charge in [0.2, 0.25) is 10.0 Å². The maximum atomic E-state index is 13.4. The molecule has 1 aliphatic carbocycles. The van der Waals surface area contributed by atoms with Crippen molar-refractivity contribution in [1.29, 1.82) is 0 Å². The van der Waals surface area contributed by atoms with E-state index in [1.165, 1.54) is 25.2 Å². The van der Waals surface area contributed by atoms with E-state index in [9.17, 15) is 12.8 Å². The van der Waals surface area contributed by atoms with Crippen LogP contribution in [0.25, 0.3) is 11.3 Å². The van der Waals surface area contributed by atoms with Gasteiger partial charge in [-0.1, -0.05) is 43.2 Å². The second kappa shape index (κ2) is 11.2. The van der Waals surface area contributed by atoms with Crippen molar-refractivity contribution in [3.8, 4) is 11.3 Å². The molecule has 4 rings (SSSR count). The predicted octanol–water partition coefficient (Wildman–Crippen LogP) is 5.41. The number of aromatic nitrogens is 2. The van der Waals surface area contributed by atoms with Gasteiger partial charge in [0.1, 0.15) is 11.6 Å². The Bertz CT molecular complexity index is 1210. The lowest BCUT2D eigenvalue weighted by Crippen LogP contribution is -2.33. The van der Waals surface area contributed by atoms with Gasteiger partial charge in [-0.15, -0.1) is 0 Å². The lowest BCUT2D eigenvalue weighted by Gasteiger charge is -2.23. The van der Waals surface area contributed by atoms with E-state index in [-0.39, 0.29) is 5.82 Å². The molecule has 0 atom stereocenters. The van der Waals surface area contributed by atoms with Crippen molar-refractivity contribution < 1.29 is 12.8 Å². The molecule has 0 saturated heterocycles. The Kier molecular flexibility index (Phi) is 8.06. The summed E-state index contributed by atoms with van der Waals surface area (Å²) in [5, 5.41) is 0. The van der Waals surface area contributed by atoms with Gasteiger partial charge in [0.25, 0.3) is 0 Å². The molecule has 180 valence electrons. The first-order chi connectivity index (χ1) is 16.4. The zero-order valence-corrected chi connectivity index (χ0v) is 20.5. The minimum Gasteiger partial charge on any atom is -0.241 e. The van der Waals surface area contributed by atoms with Crippen LogP contribution in [0.15, 0.2) is 60.8 Å². The third-order valence-electron chi connectivity index (χ3n) is 6.45. The molecule has 2 aromatic carbocycles. The van der Waals surface area contributed by atoms with E-state index < -0.39 is 10.0 Å². The van der Waals surface area contributed by atoms with Crippen molar-refractivity contribution >= 4 is 10.0 Å². The second-order valence-electron chi connectivity index (χ2n) is 9.25. The van der Waals surface area contributed by atoms with Crippen LogP contribution in [0.2, 0.25) is 0 Å². The molecular weight excluding hydrogens is 449 g/mol. The molecular formula is C27H32FN3O2S. The van der Waals surface area contributed by atoms with E-state index >= 15 is 0 Å². The molecule has 0 aliphatic heterocycles. The van der Waals surface area contributed by atoms with Gasteiger partial charge in [-0.3, -0.25) is 0 Å². The van der Waals surface area contributed by atoms with E-state index in [4.69, 9.17) is 4.98 Å². The molecule has 5 nitrogen and oxygen atoms in total. The van der Waals surface area contributed by atoms with Crippen molar-refractivity contribution in [2.24, 2.45) is 5.92 Å². The van der Waals surface area contributed by atoms with Gasteiger partial charge in [0, 0.05) is 31.3 Å². The van der Waals surface area contributed by atoms with E-state index in [1.807, 2.05) is 36.4 Å². The standard InChI is InChI=1S/C27H32FN3O2S/c1-34(32,33)31(19-22-7-2-3-8-22)20-23-11-4-12-24(17-23)26-15-16-29-27(30-26)14-6-10-21-9-5-13-25(28)18-21/h4-5,9,11-13,15-18,22H,2-3,6-8,10,14,19-20H2,1H3. The third-order valence-corrected chi connectivity index (χ3v) is 7.66. The van der Waals surface area contributed by atoms with E-state index in [0.717, 1.165) is 53.9 Å². The molecule has 7 heteroatoms. The number of benzene rings is 2. The fourth-order valence-electron chi connectivity index (χ4n) is 4.65. The van der Waals surface area contributed by atoms with Gasteiger partial charge < -0.3 is 0 Å². The Labute approximate surface area is 202 Å². The first-order valence-electron chi connectivity index (χ1n) is 12.0. The summed E-state index contributed by atoms with van der Waals surface area (Å²) in [5.41, 5.74) is 3.68. The van der Waals surface area contributed by atoms with Gasteiger partial charge in [0.15, 0.2) is 0 Å². The Morgan fingerprint density at radius 2 is 1.76 bits per heavy atom. The molecule has 34 heavy (non-hydrogen) atoms. The molecule has 3 aromatic rings. The smallest absolute Gasteiger partial charge is 0.211 e. The lowest BCUT2D eigenvalue weighted by atomic mass is 10.1. The van der Waals surface area contributed by atoms with Gasteiger partial charge in [0.05, 0.1) is 11.9 Å². The second-order valence-corrected chi connectivity index (χ2v) is 11.2. The summed E-state index contributed by atoms with van der Waals surface area (Å²) < 4.78 is 39.8. The van der Waals surface area contributed by atoms with Crippen molar-refractivity contribution in [3.05, 3.63) is 83.6 Å². The highest BCUT2D eigenvalue weighted by molar-refractivity contribution is 7.88. The average molecular weight is 482 g/mol. The quantitative estimate of drug-likeness (QED) is 0.388. The maximum Gasteiger partial charge on any atom is 0.211 e. The van der Waals surface area contributed by atoms with Gasteiger partial charge in [-0.25, -0.2) is 22.8 Å². The molecule has 1 aromatic heterocycles. The van der Waals surface area contributed by atoms with E-state index in [1.54, 1.807) is 22.6 Å². The van der Waals surface area contributed by atoms with Crippen molar-refractivity contribution in [2.75, 3.05) is 12.8 Å². The lowest BCUT2D eigenvalue weighted by molar-refractivity contribution is 0.342. The summed E-state index contributed by atoms with van der Waals surface area (Å²) in [7, 11) is -3.29. The molecule has 1 heterocycles. The SMILES string of the molecule is CS(=O)(=O)N(Cc1cccc(-c2ccnc(CCCc3cccc(F)c3)n2)c1)CC1CCCC1. The predicted molar refractivity (Wildman–Crippen MR) is 133 cm³/mol. The summed E-state index contributed by atoms with van der Waals surface area (Å²) in [6.07, 6.45) is 9.95. The third kappa shape index (κ3) is 6.93. The first kappa shape index (κ1) is 24.5. The van der Waals surface area contributed by atoms with Crippen LogP contribution < -0.4 is 0 Å². The van der Waals surface area contributed by atoms with Gasteiger partial charge >= 0.3 is 0 Å². The number of nitrogens with zero attached hydrogens (tertiary/aromatic N) is 3. The molecule has 0 spiro atoms. The number of hydrogen-bond acceptors (Lipinski definition) is 4. The molecule has 0 N–H and O–H groups in total. The summed E-state index contributed by atoms with van der Waals surface area (Å²) in [4.78, 5) is 9.13. The molecule has 1 fully saturated rings. The van der Waals surface area contributed by atoms with Crippen molar-refractivity contribution in [3.63, 3.8) is 0 Å². The van der Waals surface area contributed by atoms with Crippen LogP contribution in [-0.2, 0) is 29.4 Å². The molecule has 1 aliphatic rings. The molecule has 1 saturated carbocycles. The molecule has 0 bridgehead atoms. The molecule has 0 unspecified atom stereocenters. The first-order valence-corrected chi connectivity index (χ1v) is 13.8. The van der Waals surface area contributed by atoms with E-state index in [2.05, 4.69) is 4.98 Å². The van der Waals surface area contributed by atoms with Gasteiger partial charge in [-0.2, -0.15) is 4.31 Å². The molecule has 0 radical (unpaired) electrons. The van der Waals surface area contributed by atoms with Crippen LogP contribution in [-0.4, -0.2) is 35.5 Å². The van der Waals surface area contributed by atoms with Crippen LogP contribution in [0.4, 0.5) is 4.39 Å². The highest BCUT2D eigenvalue weighted by Gasteiger charge is 2.24. The number of rotatable bonds is 10. The minimum absolute atomic E-state index is 0.215. The Hall–Kier alpha value is -2.64. The summed E-state index contributed by atoms with van der Waals surface area (Å²) in [6, 6.07) is 16.5. The van der Waals surface area contributed by atoms with Crippen LogP contribution in [0.3, 0.4) is 0 Å². The van der Waals surface area contributed by atoms with E-state index in [0.29, 0.717) is 25.4 Å². The zero-order chi connectivity index (χ0) is 24.0. The van der Waals surface area contributed by atoms with Crippen LogP contribution in [0.5, 0.6) is 0 Å². The average Bonchev–Trinajstić information content (AvgIpc) is 3.32. The number of halogens is 1. The monoisotopic (exact) mass is 481 g/mol. The largest absolute Gasteiger partial charge is 0.241 e. The van der Waals surface area contributed by atoms with Crippen LogP contribution >= 0.6 is 0 Å². The highest BCUT2D eigenvalue weighted by atomic mass is 32.2. The van der Waals surface area contributed by atoms with Crippen molar-refractivity contribution in [1.82, 2.24) is 14.3 Å². The van der Waals surface area contributed by atoms with Crippen LogP contribution in [0.1, 0.15) is 49.1 Å². The Morgan fingerprint density at radius 3 is 2.53 bits per heavy atom. The fourth-order valence-corrected chi connectivity index (χ4v) is 5.52. The number of hydrogen-bond donors (Lipinski definition) is 0.